The molecule has 156 valence electrons. The highest BCUT2D eigenvalue weighted by Gasteiger charge is 2.75. The van der Waals surface area contributed by atoms with Gasteiger partial charge in [0.1, 0.15) is 0 Å². The molecule has 1 aromatic carbocycles. The van der Waals surface area contributed by atoms with Gasteiger partial charge in [0.05, 0.1) is 25.2 Å². The average molecular weight is 408 g/mol. The highest BCUT2D eigenvalue weighted by Crippen LogP contribution is 2.47. The minimum Gasteiger partial charge on any atom is -0.467 e. The minimum atomic E-state index is -2.66. The summed E-state index contributed by atoms with van der Waals surface area (Å²) in [7, 11) is 1.04. The Labute approximate surface area is 165 Å². The van der Waals surface area contributed by atoms with Crippen LogP contribution in [0, 0.1) is 10.1 Å². The van der Waals surface area contributed by atoms with Gasteiger partial charge < -0.3 is 18.9 Å². The van der Waals surface area contributed by atoms with Gasteiger partial charge >= 0.3 is 23.5 Å². The van der Waals surface area contributed by atoms with E-state index in [2.05, 4.69) is 4.99 Å². The summed E-state index contributed by atoms with van der Waals surface area (Å²) in [5.74, 6) is -3.69. The molecule has 1 aromatic rings. The largest absolute Gasteiger partial charge is 0.467 e. The van der Waals surface area contributed by atoms with Crippen LogP contribution < -0.4 is 0 Å². The van der Waals surface area contributed by atoms with Gasteiger partial charge in [0, 0.05) is 19.1 Å². The molecule has 2 rings (SSSR count). The van der Waals surface area contributed by atoms with Gasteiger partial charge in [-0.15, -0.1) is 0 Å². The number of nitro benzene ring substituents is 1. The Morgan fingerprint density at radius 3 is 2.00 bits per heavy atom. The zero-order valence-electron chi connectivity index (χ0n) is 16.3. The summed E-state index contributed by atoms with van der Waals surface area (Å²) in [6.45, 7) is 4.10. The van der Waals surface area contributed by atoms with Gasteiger partial charge in [-0.05, 0) is 31.5 Å². The predicted octanol–water partition coefficient (Wildman–Crippen LogP) is 1.28. The molecule has 0 saturated carbocycles. The first-order valence-electron chi connectivity index (χ1n) is 8.64. The molecule has 0 aromatic heterocycles. The number of nitrogens with zero attached hydrogens (tertiary/aromatic N) is 2. The summed E-state index contributed by atoms with van der Waals surface area (Å²) in [5.41, 5.74) is -5.34. The molecule has 0 saturated heterocycles. The number of nitro groups is 1. The zero-order chi connectivity index (χ0) is 21.8. The van der Waals surface area contributed by atoms with E-state index in [1.165, 1.54) is 32.9 Å². The molecule has 0 fully saturated rings. The lowest BCUT2D eigenvalue weighted by atomic mass is 9.74. The Bertz CT molecular complexity index is 845. The van der Waals surface area contributed by atoms with Crippen molar-refractivity contribution in [1.82, 2.24) is 0 Å². The molecular weight excluding hydrogens is 388 g/mol. The summed E-state index contributed by atoms with van der Waals surface area (Å²) in [6.07, 6.45) is 0. The van der Waals surface area contributed by atoms with Gasteiger partial charge in [-0.3, -0.25) is 10.1 Å². The van der Waals surface area contributed by atoms with Crippen molar-refractivity contribution in [3.63, 3.8) is 0 Å². The molecule has 1 aliphatic heterocycles. The van der Waals surface area contributed by atoms with E-state index in [0.717, 1.165) is 19.2 Å². The Balaban J connectivity index is 2.86. The van der Waals surface area contributed by atoms with Crippen LogP contribution in [0.2, 0.25) is 0 Å². The van der Waals surface area contributed by atoms with E-state index < -0.39 is 34.0 Å². The lowest BCUT2D eigenvalue weighted by molar-refractivity contribution is -0.384. The monoisotopic (exact) mass is 408 g/mol. The SMILES string of the molecule is CCOC(=O)C1(C(=O)OCC)OC(C)=NC1(C(=O)OC)c1ccc([N+](=O)[O-])cc1. The molecule has 0 radical (unpaired) electrons. The average Bonchev–Trinajstić information content (AvgIpc) is 3.03. The number of ether oxygens (including phenoxy) is 4. The van der Waals surface area contributed by atoms with Gasteiger partial charge in [-0.1, -0.05) is 0 Å². The van der Waals surface area contributed by atoms with E-state index >= 15 is 0 Å². The number of rotatable bonds is 7. The van der Waals surface area contributed by atoms with Crippen LogP contribution in [0.5, 0.6) is 0 Å². The molecule has 11 heteroatoms. The molecule has 0 aliphatic carbocycles. The third kappa shape index (κ3) is 3.28. The maximum atomic E-state index is 13.0. The van der Waals surface area contributed by atoms with E-state index in [1.54, 1.807) is 0 Å². The second kappa shape index (κ2) is 8.25. The van der Waals surface area contributed by atoms with E-state index in [9.17, 15) is 24.5 Å². The van der Waals surface area contributed by atoms with Crippen molar-refractivity contribution in [2.45, 2.75) is 31.9 Å². The maximum absolute atomic E-state index is 13.0. The number of hydrogen-bond acceptors (Lipinski definition) is 10. The first kappa shape index (κ1) is 21.8. The molecule has 11 nitrogen and oxygen atoms in total. The Morgan fingerprint density at radius 1 is 1.07 bits per heavy atom. The van der Waals surface area contributed by atoms with Crippen molar-refractivity contribution in [2.75, 3.05) is 20.3 Å². The van der Waals surface area contributed by atoms with Crippen LogP contribution in [0.4, 0.5) is 5.69 Å². The third-order valence-corrected chi connectivity index (χ3v) is 4.24. The van der Waals surface area contributed by atoms with Gasteiger partial charge in [0.25, 0.3) is 5.69 Å². The minimum absolute atomic E-state index is 0.0482. The first-order valence-corrected chi connectivity index (χ1v) is 8.64. The number of aliphatic imine (C=N–C) groups is 1. The fourth-order valence-electron chi connectivity index (χ4n) is 3.11. The molecule has 1 unspecified atom stereocenters. The highest BCUT2D eigenvalue weighted by molar-refractivity contribution is 6.15. The second-order valence-electron chi connectivity index (χ2n) is 5.86. The molecule has 29 heavy (non-hydrogen) atoms. The van der Waals surface area contributed by atoms with Crippen LogP contribution in [0.1, 0.15) is 26.3 Å². The molecule has 1 heterocycles. The second-order valence-corrected chi connectivity index (χ2v) is 5.86. The van der Waals surface area contributed by atoms with Crippen LogP contribution in [-0.4, -0.2) is 54.7 Å². The molecular formula is C18H20N2O9. The molecule has 0 bridgehead atoms. The van der Waals surface area contributed by atoms with Crippen LogP contribution >= 0.6 is 0 Å². The van der Waals surface area contributed by atoms with Crippen molar-refractivity contribution >= 4 is 29.5 Å². The molecule has 0 N–H and O–H groups in total. The third-order valence-electron chi connectivity index (χ3n) is 4.24. The first-order chi connectivity index (χ1) is 13.7. The number of hydrogen-bond donors (Lipinski definition) is 0. The Kier molecular flexibility index (Phi) is 6.20. The number of carbonyl (C=O) groups excluding carboxylic acids is 3. The number of methoxy groups -OCH3 is 1. The van der Waals surface area contributed by atoms with Crippen molar-refractivity contribution in [3.8, 4) is 0 Å². The van der Waals surface area contributed by atoms with E-state index in [1.807, 2.05) is 0 Å². The van der Waals surface area contributed by atoms with Crippen LogP contribution in [0.3, 0.4) is 0 Å². The summed E-state index contributed by atoms with van der Waals surface area (Å²) in [6, 6.07) is 4.58. The number of benzene rings is 1. The highest BCUT2D eigenvalue weighted by atomic mass is 16.6. The van der Waals surface area contributed by atoms with Crippen LogP contribution in [0.25, 0.3) is 0 Å². The Hall–Kier alpha value is -3.50. The standard InChI is InChI=1S/C18H20N2O9/c1-5-27-15(22)18(16(23)28-6-2)17(14(21)26-4,19-11(3)29-18)12-7-9-13(10-8-12)20(24)25/h7-10H,5-6H2,1-4H3. The fourth-order valence-corrected chi connectivity index (χ4v) is 3.11. The zero-order valence-corrected chi connectivity index (χ0v) is 16.3. The lowest BCUT2D eigenvalue weighted by Gasteiger charge is -2.36. The summed E-state index contributed by atoms with van der Waals surface area (Å²) in [5, 5.41) is 11.0. The van der Waals surface area contributed by atoms with Gasteiger partial charge in [-0.25, -0.2) is 19.4 Å². The summed E-state index contributed by atoms with van der Waals surface area (Å²) < 4.78 is 20.4. The van der Waals surface area contributed by atoms with Gasteiger partial charge in [0.2, 0.25) is 5.54 Å². The van der Waals surface area contributed by atoms with Crippen molar-refractivity contribution in [2.24, 2.45) is 4.99 Å². The van der Waals surface area contributed by atoms with Gasteiger partial charge in [-0.2, -0.15) is 0 Å². The van der Waals surface area contributed by atoms with E-state index in [4.69, 9.17) is 18.9 Å². The maximum Gasteiger partial charge on any atom is 0.366 e. The van der Waals surface area contributed by atoms with Gasteiger partial charge in [0.15, 0.2) is 5.90 Å². The van der Waals surface area contributed by atoms with Crippen LogP contribution in [0.15, 0.2) is 29.3 Å². The van der Waals surface area contributed by atoms with Crippen molar-refractivity contribution in [3.05, 3.63) is 39.9 Å². The quantitative estimate of drug-likeness (QED) is 0.214. The smallest absolute Gasteiger partial charge is 0.366 e. The molecule has 0 amide bonds. The number of esters is 3. The molecule has 0 spiro atoms. The Morgan fingerprint density at radius 2 is 1.59 bits per heavy atom. The van der Waals surface area contributed by atoms with Crippen molar-refractivity contribution in [1.29, 1.82) is 0 Å². The normalized spacial score (nSPS) is 19.5. The summed E-state index contributed by atoms with van der Waals surface area (Å²) in [4.78, 5) is 53.4. The van der Waals surface area contributed by atoms with Crippen LogP contribution in [-0.2, 0) is 38.9 Å². The van der Waals surface area contributed by atoms with E-state index in [0.29, 0.717) is 0 Å². The number of carbonyl (C=O) groups is 3. The molecule has 1 aliphatic rings. The fraction of sp³-hybridized carbons (Fsp3) is 0.444. The van der Waals surface area contributed by atoms with Crippen molar-refractivity contribution < 1.29 is 38.3 Å². The predicted molar refractivity (Wildman–Crippen MR) is 97.0 cm³/mol. The topological polar surface area (TPSA) is 144 Å². The lowest BCUT2D eigenvalue weighted by Crippen LogP contribution is -2.65. The summed E-state index contributed by atoms with van der Waals surface area (Å²) >= 11 is 0. The van der Waals surface area contributed by atoms with E-state index in [-0.39, 0.29) is 30.4 Å². The molecule has 1 atom stereocenters. The number of non-ortho nitro benzene ring substituents is 1.